The molecule has 2 aromatic rings. The van der Waals surface area contributed by atoms with Gasteiger partial charge in [0.15, 0.2) is 0 Å². The minimum atomic E-state index is -3.56. The molecule has 0 unspecified atom stereocenters. The minimum Gasteiger partial charge on any atom is -0.399 e. The summed E-state index contributed by atoms with van der Waals surface area (Å²) in [6.45, 7) is 2.25. The Morgan fingerprint density at radius 3 is 2.71 bits per heavy atom. The Hall–Kier alpha value is -1.66. The first-order valence-electron chi connectivity index (χ1n) is 6.61. The Morgan fingerprint density at radius 2 is 1.95 bits per heavy atom. The van der Waals surface area contributed by atoms with Crippen LogP contribution in [0.15, 0.2) is 52.3 Å². The van der Waals surface area contributed by atoms with Crippen molar-refractivity contribution in [1.82, 2.24) is 0 Å². The smallest absolute Gasteiger partial charge is 0.264 e. The minimum absolute atomic E-state index is 0.318. The third-order valence-corrected chi connectivity index (χ3v) is 6.47. The predicted molar refractivity (Wildman–Crippen MR) is 87.3 cm³/mol. The number of sulfonamides is 1. The van der Waals surface area contributed by atoms with Crippen LogP contribution >= 0.6 is 11.8 Å². The molecule has 2 aromatic carbocycles. The third kappa shape index (κ3) is 2.49. The molecule has 0 radical (unpaired) electrons. The van der Waals surface area contributed by atoms with Gasteiger partial charge in [-0.1, -0.05) is 12.1 Å². The summed E-state index contributed by atoms with van der Waals surface area (Å²) in [6, 6.07) is 12.5. The molecule has 21 heavy (non-hydrogen) atoms. The van der Waals surface area contributed by atoms with Crippen LogP contribution in [-0.4, -0.2) is 20.7 Å². The van der Waals surface area contributed by atoms with Crippen molar-refractivity contribution >= 4 is 33.2 Å². The van der Waals surface area contributed by atoms with E-state index >= 15 is 0 Å². The zero-order valence-corrected chi connectivity index (χ0v) is 13.2. The second kappa shape index (κ2) is 5.27. The fraction of sp³-hybridized carbons (Fsp3) is 0.200. The SMILES string of the molecule is Cc1cc(N)ccc1S(=O)(=O)N1CCSc2ccccc21. The van der Waals surface area contributed by atoms with Crippen LogP contribution in [0, 0.1) is 6.92 Å². The average molecular weight is 320 g/mol. The van der Waals surface area contributed by atoms with Gasteiger partial charge in [-0.25, -0.2) is 8.42 Å². The lowest BCUT2D eigenvalue weighted by molar-refractivity contribution is 0.591. The molecule has 0 atom stereocenters. The molecule has 0 saturated heterocycles. The van der Waals surface area contributed by atoms with Crippen molar-refractivity contribution in [3.63, 3.8) is 0 Å². The number of benzene rings is 2. The number of rotatable bonds is 2. The monoisotopic (exact) mass is 320 g/mol. The van der Waals surface area contributed by atoms with Gasteiger partial charge in [0, 0.05) is 22.9 Å². The highest BCUT2D eigenvalue weighted by atomic mass is 32.2. The van der Waals surface area contributed by atoms with Gasteiger partial charge in [0.05, 0.1) is 10.6 Å². The maximum atomic E-state index is 13.0. The summed E-state index contributed by atoms with van der Waals surface area (Å²) in [7, 11) is -3.56. The Balaban J connectivity index is 2.12. The lowest BCUT2D eigenvalue weighted by Crippen LogP contribution is -2.35. The van der Waals surface area contributed by atoms with Gasteiger partial charge in [0.25, 0.3) is 10.0 Å². The predicted octanol–water partition coefficient (Wildman–Crippen LogP) is 2.88. The van der Waals surface area contributed by atoms with Crippen molar-refractivity contribution in [1.29, 1.82) is 0 Å². The number of hydrogen-bond acceptors (Lipinski definition) is 4. The maximum Gasteiger partial charge on any atom is 0.264 e. The van der Waals surface area contributed by atoms with E-state index in [1.54, 1.807) is 36.9 Å². The number of anilines is 2. The summed E-state index contributed by atoms with van der Waals surface area (Å²) in [4.78, 5) is 1.32. The van der Waals surface area contributed by atoms with E-state index in [9.17, 15) is 8.42 Å². The zero-order chi connectivity index (χ0) is 15.0. The number of hydrogen-bond donors (Lipinski definition) is 1. The molecule has 1 aliphatic heterocycles. The van der Waals surface area contributed by atoms with Crippen molar-refractivity contribution in [3.05, 3.63) is 48.0 Å². The lowest BCUT2D eigenvalue weighted by atomic mass is 10.2. The molecule has 3 rings (SSSR count). The topological polar surface area (TPSA) is 63.4 Å². The van der Waals surface area contributed by atoms with Crippen molar-refractivity contribution in [2.45, 2.75) is 16.7 Å². The first-order valence-corrected chi connectivity index (χ1v) is 9.03. The van der Waals surface area contributed by atoms with E-state index in [1.165, 1.54) is 4.31 Å². The highest BCUT2D eigenvalue weighted by Gasteiger charge is 2.30. The summed E-state index contributed by atoms with van der Waals surface area (Å²) >= 11 is 1.68. The maximum absolute atomic E-state index is 13.0. The fourth-order valence-corrected chi connectivity index (χ4v) is 5.34. The quantitative estimate of drug-likeness (QED) is 0.864. The van der Waals surface area contributed by atoms with E-state index in [1.807, 2.05) is 24.3 Å². The van der Waals surface area contributed by atoms with Crippen LogP contribution in [0.5, 0.6) is 0 Å². The molecule has 0 fully saturated rings. The molecule has 1 aliphatic rings. The molecule has 0 spiro atoms. The van der Waals surface area contributed by atoms with Crippen LogP contribution in [-0.2, 0) is 10.0 Å². The second-order valence-corrected chi connectivity index (χ2v) is 7.89. The lowest BCUT2D eigenvalue weighted by Gasteiger charge is -2.30. The van der Waals surface area contributed by atoms with Gasteiger partial charge in [0.1, 0.15) is 0 Å². The van der Waals surface area contributed by atoms with Crippen LogP contribution in [0.4, 0.5) is 11.4 Å². The van der Waals surface area contributed by atoms with Gasteiger partial charge in [0.2, 0.25) is 0 Å². The van der Waals surface area contributed by atoms with E-state index in [2.05, 4.69) is 0 Å². The molecule has 4 nitrogen and oxygen atoms in total. The van der Waals surface area contributed by atoms with Gasteiger partial charge < -0.3 is 5.73 Å². The van der Waals surface area contributed by atoms with Crippen LogP contribution in [0.25, 0.3) is 0 Å². The number of fused-ring (bicyclic) bond motifs is 1. The average Bonchev–Trinajstić information content (AvgIpc) is 2.46. The number of nitrogen functional groups attached to an aromatic ring is 1. The fourth-order valence-electron chi connectivity index (χ4n) is 2.47. The van der Waals surface area contributed by atoms with Gasteiger partial charge >= 0.3 is 0 Å². The molecular formula is C15H16N2O2S2. The molecule has 0 aromatic heterocycles. The first kappa shape index (κ1) is 14.3. The first-order chi connectivity index (χ1) is 10.00. The Morgan fingerprint density at radius 1 is 1.19 bits per heavy atom. The van der Waals surface area contributed by atoms with Gasteiger partial charge in [-0.2, -0.15) is 0 Å². The van der Waals surface area contributed by atoms with Crippen molar-refractivity contribution < 1.29 is 8.42 Å². The molecular weight excluding hydrogens is 304 g/mol. The number of nitrogens with zero attached hydrogens (tertiary/aromatic N) is 1. The standard InChI is InChI=1S/C15H16N2O2S2/c1-11-10-12(16)6-7-15(11)21(18,19)17-8-9-20-14-5-3-2-4-13(14)17/h2-7,10H,8-9,16H2,1H3. The van der Waals surface area contributed by atoms with Gasteiger partial charge in [-0.3, -0.25) is 4.31 Å². The Labute approximate surface area is 129 Å². The largest absolute Gasteiger partial charge is 0.399 e. The second-order valence-electron chi connectivity index (χ2n) is 4.92. The van der Waals surface area contributed by atoms with Crippen LogP contribution in [0.1, 0.15) is 5.56 Å². The number of para-hydroxylation sites is 1. The zero-order valence-electron chi connectivity index (χ0n) is 11.6. The van der Waals surface area contributed by atoms with Crippen molar-refractivity contribution in [3.8, 4) is 0 Å². The molecule has 2 N–H and O–H groups in total. The van der Waals surface area contributed by atoms with Gasteiger partial charge in [-0.05, 0) is 42.8 Å². The molecule has 0 saturated carbocycles. The molecule has 0 aliphatic carbocycles. The van der Waals surface area contributed by atoms with Crippen molar-refractivity contribution in [2.24, 2.45) is 0 Å². The van der Waals surface area contributed by atoms with Gasteiger partial charge in [-0.15, -0.1) is 11.8 Å². The normalized spacial score (nSPS) is 14.8. The number of thioether (sulfide) groups is 1. The molecule has 6 heteroatoms. The van der Waals surface area contributed by atoms with Crippen LogP contribution in [0.3, 0.4) is 0 Å². The summed E-state index contributed by atoms with van der Waals surface area (Å²) in [5, 5.41) is 0. The summed E-state index contributed by atoms with van der Waals surface area (Å²) in [6.07, 6.45) is 0. The summed E-state index contributed by atoms with van der Waals surface area (Å²) in [5.41, 5.74) is 7.71. The highest BCUT2D eigenvalue weighted by molar-refractivity contribution is 8.00. The molecule has 1 heterocycles. The van der Waals surface area contributed by atoms with Crippen LogP contribution < -0.4 is 10.0 Å². The molecule has 0 bridgehead atoms. The summed E-state index contributed by atoms with van der Waals surface area (Å²) < 4.78 is 27.4. The molecule has 0 amide bonds. The highest BCUT2D eigenvalue weighted by Crippen LogP contribution is 2.37. The summed E-state index contributed by atoms with van der Waals surface area (Å²) in [5.74, 6) is 0.754. The third-order valence-electron chi connectivity index (χ3n) is 3.45. The Bertz CT molecular complexity index is 788. The number of nitrogens with two attached hydrogens (primary N) is 1. The van der Waals surface area contributed by atoms with E-state index in [-0.39, 0.29) is 0 Å². The van der Waals surface area contributed by atoms with E-state index in [4.69, 9.17) is 5.73 Å². The van der Waals surface area contributed by atoms with Crippen LogP contribution in [0.2, 0.25) is 0 Å². The number of aryl methyl sites for hydroxylation is 1. The van der Waals surface area contributed by atoms with Crippen molar-refractivity contribution in [2.75, 3.05) is 22.3 Å². The molecule has 110 valence electrons. The van der Waals surface area contributed by atoms with E-state index in [0.29, 0.717) is 22.7 Å². The van der Waals surface area contributed by atoms with E-state index < -0.39 is 10.0 Å². The van der Waals surface area contributed by atoms with E-state index in [0.717, 1.165) is 16.3 Å². The Kier molecular flexibility index (Phi) is 3.59.